The molecule has 0 fully saturated rings. The summed E-state index contributed by atoms with van der Waals surface area (Å²) in [5.41, 5.74) is 4.24. The summed E-state index contributed by atoms with van der Waals surface area (Å²) in [7, 11) is 0. The molecule has 0 spiro atoms. The van der Waals surface area contributed by atoms with Crippen LogP contribution in [0.3, 0.4) is 0 Å². The van der Waals surface area contributed by atoms with E-state index in [2.05, 4.69) is 15.9 Å². The molecule has 5 heterocycles. The zero-order chi connectivity index (χ0) is 31.3. The van der Waals surface area contributed by atoms with Crippen LogP contribution in [-0.2, 0) is 5.92 Å². The Kier molecular flexibility index (Phi) is 6.72. The number of nitrogens with one attached hydrogen (secondary N) is 2. The molecule has 0 amide bonds. The van der Waals surface area contributed by atoms with Crippen LogP contribution < -0.4 is 0 Å². The van der Waals surface area contributed by atoms with Gasteiger partial charge in [-0.1, -0.05) is 66.6 Å². The molecule has 8 bridgehead atoms. The summed E-state index contributed by atoms with van der Waals surface area (Å²) in [6.07, 6.45) is 13.1. The maximum atomic E-state index is 15.7. The van der Waals surface area contributed by atoms with E-state index >= 15 is 8.78 Å². The predicted molar refractivity (Wildman–Crippen MR) is 172 cm³/mol. The number of H-pyrrole nitrogens is 2. The fraction of sp³-hybridized carbons (Fsp3) is 0.0556. The zero-order valence-electron chi connectivity index (χ0n) is 23.3. The number of aromatic nitrogens is 4. The number of terminal acetylenes is 1. The molecule has 2 N–H and O–H groups in total. The highest BCUT2D eigenvalue weighted by atomic mass is 35.5. The van der Waals surface area contributed by atoms with Crippen LogP contribution in [0.2, 0.25) is 0 Å². The summed E-state index contributed by atoms with van der Waals surface area (Å²) in [5.74, 6) is -2.05. The molecule has 5 aromatic rings. The number of nitrogens with zero attached hydrogens (tertiary/aromatic N) is 2. The van der Waals surface area contributed by atoms with E-state index in [0.29, 0.717) is 61.6 Å². The number of aromatic amines is 2. The number of benzene rings is 2. The van der Waals surface area contributed by atoms with E-state index in [1.165, 1.54) is 12.1 Å². The average Bonchev–Trinajstić information content (AvgIpc) is 3.85. The van der Waals surface area contributed by atoms with Crippen LogP contribution in [0, 0.1) is 12.3 Å². The molecule has 220 valence electrons. The fourth-order valence-electron chi connectivity index (χ4n) is 5.65. The van der Waals surface area contributed by atoms with Crippen LogP contribution in [0.15, 0.2) is 84.9 Å². The summed E-state index contributed by atoms with van der Waals surface area (Å²) < 4.78 is 60.3. The highest BCUT2D eigenvalue weighted by Crippen LogP contribution is 2.48. The molecule has 0 aliphatic carbocycles. The minimum Gasteiger partial charge on any atom is -0.354 e. The van der Waals surface area contributed by atoms with Gasteiger partial charge in [-0.25, -0.2) is 9.97 Å². The Balaban J connectivity index is 1.71. The number of hydrogen-bond acceptors (Lipinski definition) is 2. The first-order valence-corrected chi connectivity index (χ1v) is 14.2. The van der Waals surface area contributed by atoms with Gasteiger partial charge in [0.15, 0.2) is 0 Å². The van der Waals surface area contributed by atoms with Gasteiger partial charge in [0.1, 0.15) is 0 Å². The second-order valence-electron chi connectivity index (χ2n) is 10.5. The molecule has 0 saturated heterocycles. The first-order valence-electron chi connectivity index (χ1n) is 13.8. The quantitative estimate of drug-likeness (QED) is 0.117. The van der Waals surface area contributed by atoms with Crippen molar-refractivity contribution in [1.29, 1.82) is 0 Å². The Morgan fingerprint density at radius 1 is 0.578 bits per heavy atom. The second-order valence-corrected chi connectivity index (χ2v) is 10.9. The van der Waals surface area contributed by atoms with Crippen LogP contribution >= 0.6 is 11.6 Å². The smallest absolute Gasteiger partial charge is 0.354 e. The van der Waals surface area contributed by atoms with Gasteiger partial charge in [0.2, 0.25) is 0 Å². The summed E-state index contributed by atoms with van der Waals surface area (Å²) in [4.78, 5) is 15.6. The molecule has 2 aliphatic heterocycles. The highest BCUT2D eigenvalue weighted by Gasteiger charge is 2.57. The van der Waals surface area contributed by atoms with Gasteiger partial charge in [-0.15, -0.1) is 6.42 Å². The lowest BCUT2D eigenvalue weighted by Gasteiger charge is -2.21. The number of halogens is 5. The lowest BCUT2D eigenvalue weighted by atomic mass is 10.0. The van der Waals surface area contributed by atoms with E-state index in [1.54, 1.807) is 36.4 Å². The van der Waals surface area contributed by atoms with Gasteiger partial charge in [-0.2, -0.15) is 17.6 Å². The molecular formula is C36H21ClF4N4. The van der Waals surface area contributed by atoms with Gasteiger partial charge in [-0.3, -0.25) is 0 Å². The van der Waals surface area contributed by atoms with Crippen molar-refractivity contribution in [3.8, 4) is 34.6 Å². The Hall–Kier alpha value is -5.39. The van der Waals surface area contributed by atoms with Crippen molar-refractivity contribution in [2.45, 2.75) is 11.3 Å². The zero-order valence-corrected chi connectivity index (χ0v) is 24.0. The van der Waals surface area contributed by atoms with Gasteiger partial charge >= 0.3 is 11.3 Å². The van der Waals surface area contributed by atoms with Crippen LogP contribution in [0.25, 0.3) is 68.6 Å². The maximum absolute atomic E-state index is 15.7. The minimum atomic E-state index is -4.90. The summed E-state index contributed by atoms with van der Waals surface area (Å²) in [6, 6.07) is 24.1. The van der Waals surface area contributed by atoms with Crippen molar-refractivity contribution >= 4 is 58.0 Å². The molecule has 45 heavy (non-hydrogen) atoms. The average molecular weight is 621 g/mol. The van der Waals surface area contributed by atoms with Crippen molar-refractivity contribution in [2.75, 3.05) is 0 Å². The van der Waals surface area contributed by atoms with E-state index in [1.807, 2.05) is 60.7 Å². The van der Waals surface area contributed by atoms with Crippen molar-refractivity contribution < 1.29 is 17.6 Å². The van der Waals surface area contributed by atoms with Gasteiger partial charge in [0.05, 0.1) is 44.9 Å². The van der Waals surface area contributed by atoms with Gasteiger partial charge < -0.3 is 9.97 Å². The molecule has 0 radical (unpaired) electrons. The maximum Gasteiger partial charge on any atom is 0.388 e. The van der Waals surface area contributed by atoms with E-state index in [0.717, 1.165) is 0 Å². The van der Waals surface area contributed by atoms with Crippen LogP contribution in [0.5, 0.6) is 0 Å². The third-order valence-electron chi connectivity index (χ3n) is 7.69. The largest absolute Gasteiger partial charge is 0.388 e. The second kappa shape index (κ2) is 10.7. The molecule has 0 atom stereocenters. The summed E-state index contributed by atoms with van der Waals surface area (Å²) in [5, 5.41) is -4.90. The van der Waals surface area contributed by atoms with E-state index < -0.39 is 16.9 Å². The molecule has 9 heteroatoms. The lowest BCUT2D eigenvalue weighted by Crippen LogP contribution is -2.33. The molecule has 7 rings (SSSR count). The van der Waals surface area contributed by atoms with E-state index in [4.69, 9.17) is 28.0 Å². The van der Waals surface area contributed by atoms with Crippen molar-refractivity contribution in [3.05, 3.63) is 119 Å². The van der Waals surface area contributed by atoms with Crippen molar-refractivity contribution in [2.24, 2.45) is 0 Å². The fourth-order valence-corrected chi connectivity index (χ4v) is 5.75. The van der Waals surface area contributed by atoms with Gasteiger partial charge in [0, 0.05) is 22.2 Å². The first kappa shape index (κ1) is 28.4. The molecule has 2 aromatic carbocycles. The standard InChI is InChI=1S/C36H21ClF4N4/c1-2-23-24-13-15-26(42-24)32(21-9-5-3-6-10-21)28-17-19-30(44-28)34(35(38,39)36(37,40)41)31-20-18-29(45-31)33(22-11-7-4-8-12-22)27-16-14-25(23)43-27/h1,3-20,44-45H. The van der Waals surface area contributed by atoms with Gasteiger partial charge in [0.25, 0.3) is 0 Å². The molecule has 0 saturated carbocycles. The Bertz CT molecular complexity index is 2100. The Morgan fingerprint density at radius 2 is 0.978 bits per heavy atom. The van der Waals surface area contributed by atoms with E-state index in [9.17, 15) is 8.78 Å². The normalized spacial score (nSPS) is 12.8. The molecule has 3 aromatic heterocycles. The lowest BCUT2D eigenvalue weighted by molar-refractivity contribution is -0.162. The summed E-state index contributed by atoms with van der Waals surface area (Å²) in [6.45, 7) is 0. The van der Waals surface area contributed by atoms with Crippen LogP contribution in [-0.4, -0.2) is 25.3 Å². The third kappa shape index (κ3) is 4.82. The first-order chi connectivity index (χ1) is 21.7. The van der Waals surface area contributed by atoms with Crippen LogP contribution in [0.4, 0.5) is 17.6 Å². The molecule has 0 unspecified atom stereocenters. The molecule has 2 aliphatic rings. The molecular weight excluding hydrogens is 600 g/mol. The number of fused-ring (bicyclic) bond motifs is 8. The topological polar surface area (TPSA) is 57.4 Å². The molecule has 4 nitrogen and oxygen atoms in total. The van der Waals surface area contributed by atoms with Crippen LogP contribution in [0.1, 0.15) is 33.9 Å². The monoisotopic (exact) mass is 620 g/mol. The summed E-state index contributed by atoms with van der Waals surface area (Å²) >= 11 is 5.08. The number of hydrogen-bond donors (Lipinski definition) is 2. The predicted octanol–water partition coefficient (Wildman–Crippen LogP) is 9.89. The van der Waals surface area contributed by atoms with E-state index in [-0.39, 0.29) is 11.0 Å². The third-order valence-corrected chi connectivity index (χ3v) is 7.93. The Morgan fingerprint density at radius 3 is 1.38 bits per heavy atom. The minimum absolute atomic E-state index is 0.248. The Labute approximate surface area is 259 Å². The van der Waals surface area contributed by atoms with Crippen molar-refractivity contribution in [3.63, 3.8) is 0 Å². The number of rotatable bonds is 4. The highest BCUT2D eigenvalue weighted by molar-refractivity contribution is 6.22. The number of alkyl halides is 5. The van der Waals surface area contributed by atoms with Gasteiger partial charge in [-0.05, 0) is 71.3 Å². The SMILES string of the molecule is C#Cc1c2nc(c(-c3ccccc3)c3ccc([nH]3)c(C(F)(F)C(F)(F)Cl)c3ccc([nH]3)c(-c3ccccc3)c3nc1C=C3)C=C2. The van der Waals surface area contributed by atoms with Crippen molar-refractivity contribution in [1.82, 2.24) is 19.9 Å².